The minimum Gasteiger partial charge on any atom is -0.382 e. The van der Waals surface area contributed by atoms with Crippen LogP contribution in [-0.4, -0.2) is 34.9 Å². The average Bonchev–Trinajstić information content (AvgIpc) is 2.78. The summed E-state index contributed by atoms with van der Waals surface area (Å²) in [5.41, 5.74) is 5.89. The summed E-state index contributed by atoms with van der Waals surface area (Å²) < 4.78 is 0. The molecule has 1 aliphatic rings. The van der Waals surface area contributed by atoms with Crippen LogP contribution in [0.4, 0.5) is 10.9 Å². The summed E-state index contributed by atoms with van der Waals surface area (Å²) in [6.45, 7) is 7.96. The zero-order chi connectivity index (χ0) is 14.7. The topological polar surface area (TPSA) is 71.2 Å². The lowest BCUT2D eigenvalue weighted by molar-refractivity contribution is 0.0694. The number of aromatic nitrogens is 1. The van der Waals surface area contributed by atoms with Crippen LogP contribution in [0.3, 0.4) is 0 Å². The minimum atomic E-state index is 0.0337. The number of thiazole rings is 1. The minimum absolute atomic E-state index is 0.0337. The molecule has 0 saturated carbocycles. The summed E-state index contributed by atoms with van der Waals surface area (Å²) in [6, 6.07) is 0.281. The van der Waals surface area contributed by atoms with E-state index < -0.39 is 0 Å². The molecule has 2 rings (SSSR count). The fourth-order valence-electron chi connectivity index (χ4n) is 2.48. The number of nitrogens with one attached hydrogen (secondary N) is 1. The third-order valence-electron chi connectivity index (χ3n) is 3.74. The highest BCUT2D eigenvalue weighted by molar-refractivity contribution is 7.18. The van der Waals surface area contributed by atoms with Crippen LogP contribution in [0.15, 0.2) is 0 Å². The summed E-state index contributed by atoms with van der Waals surface area (Å²) in [5, 5.41) is 3.92. The van der Waals surface area contributed by atoms with Crippen molar-refractivity contribution in [3.05, 3.63) is 4.88 Å². The van der Waals surface area contributed by atoms with Crippen molar-refractivity contribution in [2.45, 2.75) is 46.1 Å². The second kappa shape index (κ2) is 6.43. The van der Waals surface area contributed by atoms with Crippen molar-refractivity contribution in [2.24, 2.45) is 5.92 Å². The van der Waals surface area contributed by atoms with E-state index in [0.29, 0.717) is 10.7 Å². The molecular formula is C14H24N4OS. The molecule has 1 amide bonds. The number of nitrogens with zero attached hydrogens (tertiary/aromatic N) is 2. The highest BCUT2D eigenvalue weighted by atomic mass is 32.1. The van der Waals surface area contributed by atoms with Crippen LogP contribution in [0.25, 0.3) is 0 Å². The third-order valence-corrected chi connectivity index (χ3v) is 4.73. The maximum absolute atomic E-state index is 12.5. The fourth-order valence-corrected chi connectivity index (χ4v) is 3.48. The van der Waals surface area contributed by atoms with Gasteiger partial charge in [0.2, 0.25) is 0 Å². The number of hydrogen-bond acceptors (Lipinski definition) is 5. The van der Waals surface area contributed by atoms with E-state index in [1.165, 1.54) is 17.8 Å². The number of likely N-dealkylation sites (tertiary alicyclic amines) is 1. The largest absolute Gasteiger partial charge is 0.382 e. The monoisotopic (exact) mass is 296 g/mol. The lowest BCUT2D eigenvalue weighted by atomic mass is 9.94. The van der Waals surface area contributed by atoms with Crippen LogP contribution < -0.4 is 11.1 Å². The molecule has 0 bridgehead atoms. The molecule has 6 heteroatoms. The molecule has 0 atom stereocenters. The molecule has 1 aliphatic heterocycles. The van der Waals surface area contributed by atoms with Gasteiger partial charge in [0.05, 0.1) is 0 Å². The standard InChI is InChI=1S/C14H24N4OS/c1-4-10-5-7-18(8-6-10)13(19)11-12(15)17-14(20-11)16-9(2)3/h9-10H,4-8,15H2,1-3H3,(H,16,17). The van der Waals surface area contributed by atoms with Gasteiger partial charge in [0.1, 0.15) is 10.7 Å². The van der Waals surface area contributed by atoms with Gasteiger partial charge >= 0.3 is 0 Å². The number of anilines is 2. The molecule has 1 saturated heterocycles. The lowest BCUT2D eigenvalue weighted by Gasteiger charge is -2.31. The number of carbonyl (C=O) groups excluding carboxylic acids is 1. The van der Waals surface area contributed by atoms with Gasteiger partial charge in [-0.15, -0.1) is 0 Å². The molecule has 0 spiro atoms. The van der Waals surface area contributed by atoms with Gasteiger partial charge in [-0.1, -0.05) is 24.7 Å². The van der Waals surface area contributed by atoms with Gasteiger partial charge in [-0.05, 0) is 32.6 Å². The first kappa shape index (κ1) is 15.1. The normalized spacial score (nSPS) is 16.7. The van der Waals surface area contributed by atoms with Crippen LogP contribution in [0.5, 0.6) is 0 Å². The van der Waals surface area contributed by atoms with E-state index in [0.717, 1.165) is 37.0 Å². The Balaban J connectivity index is 2.04. The van der Waals surface area contributed by atoms with E-state index in [4.69, 9.17) is 5.73 Å². The van der Waals surface area contributed by atoms with E-state index in [-0.39, 0.29) is 11.9 Å². The molecule has 0 aliphatic carbocycles. The van der Waals surface area contributed by atoms with E-state index in [9.17, 15) is 4.79 Å². The molecule has 5 nitrogen and oxygen atoms in total. The van der Waals surface area contributed by atoms with Gasteiger partial charge in [0, 0.05) is 19.1 Å². The van der Waals surface area contributed by atoms with Crippen LogP contribution in [0, 0.1) is 5.92 Å². The summed E-state index contributed by atoms with van der Waals surface area (Å²) in [4.78, 5) is 19.2. The number of carbonyl (C=O) groups is 1. The SMILES string of the molecule is CCC1CCN(C(=O)c2sc(NC(C)C)nc2N)CC1. The van der Waals surface area contributed by atoms with Gasteiger partial charge < -0.3 is 16.0 Å². The van der Waals surface area contributed by atoms with Crippen molar-refractivity contribution in [1.82, 2.24) is 9.88 Å². The van der Waals surface area contributed by atoms with Crippen LogP contribution in [0.1, 0.15) is 49.7 Å². The molecule has 1 fully saturated rings. The molecular weight excluding hydrogens is 272 g/mol. The Bertz CT molecular complexity index is 464. The van der Waals surface area contributed by atoms with Crippen molar-refractivity contribution >= 4 is 28.2 Å². The molecule has 2 heterocycles. The van der Waals surface area contributed by atoms with Gasteiger partial charge in [-0.3, -0.25) is 4.79 Å². The average molecular weight is 296 g/mol. The van der Waals surface area contributed by atoms with Crippen LogP contribution >= 0.6 is 11.3 Å². The Morgan fingerprint density at radius 2 is 2.15 bits per heavy atom. The first-order valence-corrected chi connectivity index (χ1v) is 8.15. The van der Waals surface area contributed by atoms with E-state index >= 15 is 0 Å². The smallest absolute Gasteiger partial charge is 0.267 e. The molecule has 1 aromatic heterocycles. The van der Waals surface area contributed by atoms with Gasteiger partial charge in [0.15, 0.2) is 5.13 Å². The second-order valence-electron chi connectivity index (χ2n) is 5.68. The van der Waals surface area contributed by atoms with Crippen molar-refractivity contribution < 1.29 is 4.79 Å². The van der Waals surface area contributed by atoms with E-state index in [1.54, 1.807) is 0 Å². The number of nitrogens with two attached hydrogens (primary N) is 1. The van der Waals surface area contributed by atoms with Crippen molar-refractivity contribution in [2.75, 3.05) is 24.1 Å². The summed E-state index contributed by atoms with van der Waals surface area (Å²) in [5.74, 6) is 1.14. The zero-order valence-electron chi connectivity index (χ0n) is 12.5. The van der Waals surface area contributed by atoms with Crippen molar-refractivity contribution in [1.29, 1.82) is 0 Å². The Kier molecular flexibility index (Phi) is 4.86. The van der Waals surface area contributed by atoms with Crippen LogP contribution in [0.2, 0.25) is 0 Å². The Morgan fingerprint density at radius 1 is 1.50 bits per heavy atom. The summed E-state index contributed by atoms with van der Waals surface area (Å²) >= 11 is 1.36. The molecule has 20 heavy (non-hydrogen) atoms. The first-order valence-electron chi connectivity index (χ1n) is 7.33. The third kappa shape index (κ3) is 3.42. The molecule has 0 unspecified atom stereocenters. The number of hydrogen-bond donors (Lipinski definition) is 2. The maximum atomic E-state index is 12.5. The molecule has 0 aromatic carbocycles. The highest BCUT2D eigenvalue weighted by Crippen LogP contribution is 2.29. The van der Waals surface area contributed by atoms with Gasteiger partial charge in [-0.2, -0.15) is 0 Å². The molecule has 112 valence electrons. The predicted octanol–water partition coefficient (Wildman–Crippen LogP) is 2.81. The van der Waals surface area contributed by atoms with Crippen LogP contribution in [-0.2, 0) is 0 Å². The molecule has 0 radical (unpaired) electrons. The Labute approximate surface area is 124 Å². The molecule has 3 N–H and O–H groups in total. The summed E-state index contributed by atoms with van der Waals surface area (Å²) in [7, 11) is 0. The van der Waals surface area contributed by atoms with Gasteiger partial charge in [-0.25, -0.2) is 4.98 Å². The maximum Gasteiger partial charge on any atom is 0.267 e. The summed E-state index contributed by atoms with van der Waals surface area (Å²) in [6.07, 6.45) is 3.39. The van der Waals surface area contributed by atoms with Gasteiger partial charge in [0.25, 0.3) is 5.91 Å². The number of rotatable bonds is 4. The quantitative estimate of drug-likeness (QED) is 0.896. The Morgan fingerprint density at radius 3 is 2.70 bits per heavy atom. The second-order valence-corrected chi connectivity index (χ2v) is 6.68. The highest BCUT2D eigenvalue weighted by Gasteiger charge is 2.26. The Hall–Kier alpha value is -1.30. The number of piperidine rings is 1. The number of nitrogen functional groups attached to an aromatic ring is 1. The fraction of sp³-hybridized carbons (Fsp3) is 0.714. The number of amides is 1. The van der Waals surface area contributed by atoms with E-state index in [2.05, 4.69) is 17.2 Å². The van der Waals surface area contributed by atoms with E-state index in [1.807, 2.05) is 18.7 Å². The van der Waals surface area contributed by atoms with Crippen molar-refractivity contribution in [3.8, 4) is 0 Å². The first-order chi connectivity index (χ1) is 9.51. The van der Waals surface area contributed by atoms with Crippen molar-refractivity contribution in [3.63, 3.8) is 0 Å². The predicted molar refractivity (Wildman–Crippen MR) is 84.2 cm³/mol. The zero-order valence-corrected chi connectivity index (χ0v) is 13.3. The molecule has 1 aromatic rings. The lowest BCUT2D eigenvalue weighted by Crippen LogP contribution is -2.38.